The summed E-state index contributed by atoms with van der Waals surface area (Å²) in [5, 5.41) is 7.91. The molecule has 3 aromatic rings. The Labute approximate surface area is 179 Å². The maximum Gasteiger partial charge on any atom is 0.277 e. The summed E-state index contributed by atoms with van der Waals surface area (Å²) >= 11 is 1.18. The lowest BCUT2D eigenvalue weighted by molar-refractivity contribution is 0.0993. The topological polar surface area (TPSA) is 111 Å². The van der Waals surface area contributed by atoms with Crippen LogP contribution in [0.15, 0.2) is 58.2 Å². The van der Waals surface area contributed by atoms with Crippen LogP contribution < -0.4 is 9.46 Å². The molecule has 1 aromatic heterocycles. The van der Waals surface area contributed by atoms with Gasteiger partial charge in [0.25, 0.3) is 5.22 Å². The van der Waals surface area contributed by atoms with Crippen molar-refractivity contribution in [1.82, 2.24) is 10.2 Å². The van der Waals surface area contributed by atoms with E-state index in [2.05, 4.69) is 14.9 Å². The molecule has 158 valence electrons. The van der Waals surface area contributed by atoms with Gasteiger partial charge in [-0.05, 0) is 48.9 Å². The van der Waals surface area contributed by atoms with Crippen LogP contribution in [-0.2, 0) is 16.4 Å². The number of ether oxygens (including phenoxy) is 1. The van der Waals surface area contributed by atoms with Crippen LogP contribution in [0.3, 0.4) is 0 Å². The molecule has 0 aliphatic rings. The van der Waals surface area contributed by atoms with Gasteiger partial charge < -0.3 is 9.15 Å². The third-order valence-electron chi connectivity index (χ3n) is 4.08. The summed E-state index contributed by atoms with van der Waals surface area (Å²) in [4.78, 5) is 12.6. The Balaban J connectivity index is 1.60. The predicted molar refractivity (Wildman–Crippen MR) is 115 cm³/mol. The van der Waals surface area contributed by atoms with E-state index in [1.54, 1.807) is 38.3 Å². The molecule has 0 aliphatic heterocycles. The summed E-state index contributed by atoms with van der Waals surface area (Å²) in [6, 6.07) is 13.8. The number of thioether (sulfide) groups is 1. The quantitative estimate of drug-likeness (QED) is 0.392. The summed E-state index contributed by atoms with van der Waals surface area (Å²) in [5.74, 6) is 1.10. The molecule has 0 aliphatic carbocycles. The molecule has 0 saturated heterocycles. The minimum atomic E-state index is -3.36. The Hall–Kier alpha value is -2.85. The van der Waals surface area contributed by atoms with Crippen molar-refractivity contribution in [3.8, 4) is 5.75 Å². The monoisotopic (exact) mass is 447 g/mol. The van der Waals surface area contributed by atoms with Gasteiger partial charge in [0.1, 0.15) is 5.75 Å². The third kappa shape index (κ3) is 6.07. The molecule has 1 atom stereocenters. The van der Waals surface area contributed by atoms with Crippen LogP contribution in [0.25, 0.3) is 0 Å². The van der Waals surface area contributed by atoms with Gasteiger partial charge in [-0.1, -0.05) is 23.9 Å². The van der Waals surface area contributed by atoms with E-state index in [-0.39, 0.29) is 5.78 Å². The first-order valence-electron chi connectivity index (χ1n) is 8.97. The molecule has 0 amide bonds. The molecule has 1 heterocycles. The van der Waals surface area contributed by atoms with Crippen molar-refractivity contribution in [1.29, 1.82) is 0 Å². The van der Waals surface area contributed by atoms with Crippen LogP contribution in [0.1, 0.15) is 28.7 Å². The number of nitrogens with zero attached hydrogens (tertiary/aromatic N) is 2. The molecule has 10 heteroatoms. The zero-order valence-electron chi connectivity index (χ0n) is 16.7. The smallest absolute Gasteiger partial charge is 0.277 e. The zero-order valence-corrected chi connectivity index (χ0v) is 18.3. The standard InChI is InChI=1S/C20H21N3O5S2/c1-13(19(24)15-6-8-16(9-7-15)23-30(3,25)26)29-20-22-21-18(28-20)12-14-4-10-17(27-2)11-5-14/h4-11,13,23H,12H2,1-3H3. The lowest BCUT2D eigenvalue weighted by Crippen LogP contribution is -2.14. The van der Waals surface area contributed by atoms with Crippen molar-refractivity contribution in [3.05, 3.63) is 65.5 Å². The molecule has 2 aromatic carbocycles. The van der Waals surface area contributed by atoms with Gasteiger partial charge >= 0.3 is 0 Å². The number of methoxy groups -OCH3 is 1. The number of ketones is 1. The fraction of sp³-hybridized carbons (Fsp3) is 0.250. The van der Waals surface area contributed by atoms with Crippen LogP contribution in [0.4, 0.5) is 5.69 Å². The number of sulfonamides is 1. The van der Waals surface area contributed by atoms with Gasteiger partial charge in [0.2, 0.25) is 15.9 Å². The first kappa shape index (κ1) is 21.8. The number of benzene rings is 2. The number of rotatable bonds is 9. The van der Waals surface area contributed by atoms with E-state index in [1.165, 1.54) is 11.8 Å². The number of hydrogen-bond acceptors (Lipinski definition) is 8. The van der Waals surface area contributed by atoms with Crippen molar-refractivity contribution >= 4 is 33.3 Å². The van der Waals surface area contributed by atoms with Crippen LogP contribution >= 0.6 is 11.8 Å². The molecule has 1 N–H and O–H groups in total. The van der Waals surface area contributed by atoms with Gasteiger partial charge in [0.05, 0.1) is 25.0 Å². The number of nitrogens with one attached hydrogen (secondary N) is 1. The Morgan fingerprint density at radius 3 is 2.40 bits per heavy atom. The molecule has 0 spiro atoms. The Kier molecular flexibility index (Phi) is 6.78. The molecule has 1 unspecified atom stereocenters. The third-order valence-corrected chi connectivity index (χ3v) is 5.62. The van der Waals surface area contributed by atoms with Gasteiger partial charge in [-0.15, -0.1) is 10.2 Å². The van der Waals surface area contributed by atoms with Gasteiger partial charge in [0, 0.05) is 11.3 Å². The predicted octanol–water partition coefficient (Wildman–Crippen LogP) is 3.40. The molecule has 8 nitrogen and oxygen atoms in total. The Bertz CT molecular complexity index is 1110. The number of hydrogen-bond donors (Lipinski definition) is 1. The first-order chi connectivity index (χ1) is 14.2. The average molecular weight is 448 g/mol. The number of carbonyl (C=O) groups excluding carboxylic acids is 1. The summed E-state index contributed by atoms with van der Waals surface area (Å²) < 4.78 is 35.7. The van der Waals surface area contributed by atoms with E-state index < -0.39 is 15.3 Å². The number of anilines is 1. The highest BCUT2D eigenvalue weighted by Crippen LogP contribution is 2.26. The fourth-order valence-electron chi connectivity index (χ4n) is 2.63. The van der Waals surface area contributed by atoms with Crippen molar-refractivity contribution in [3.63, 3.8) is 0 Å². The molecule has 3 rings (SSSR count). The lowest BCUT2D eigenvalue weighted by atomic mass is 10.1. The lowest BCUT2D eigenvalue weighted by Gasteiger charge is -2.09. The summed E-state index contributed by atoms with van der Waals surface area (Å²) in [6.07, 6.45) is 1.55. The second-order valence-corrected chi connectivity index (χ2v) is 9.60. The average Bonchev–Trinajstić information content (AvgIpc) is 3.14. The van der Waals surface area contributed by atoms with Gasteiger partial charge in [0.15, 0.2) is 5.78 Å². The van der Waals surface area contributed by atoms with Gasteiger partial charge in [-0.2, -0.15) is 0 Å². The molecule has 0 bridgehead atoms. The fourth-order valence-corrected chi connectivity index (χ4v) is 3.97. The highest BCUT2D eigenvalue weighted by molar-refractivity contribution is 8.00. The zero-order chi connectivity index (χ0) is 21.7. The second-order valence-electron chi connectivity index (χ2n) is 6.56. The highest BCUT2D eigenvalue weighted by Gasteiger charge is 2.20. The molecular weight excluding hydrogens is 426 g/mol. The second kappa shape index (κ2) is 9.31. The summed E-state index contributed by atoms with van der Waals surface area (Å²) in [5.41, 5.74) is 1.87. The van der Waals surface area contributed by atoms with Crippen molar-refractivity contribution in [2.45, 2.75) is 23.8 Å². The Morgan fingerprint density at radius 2 is 1.80 bits per heavy atom. The number of aromatic nitrogens is 2. The van der Waals surface area contributed by atoms with Crippen molar-refractivity contribution in [2.24, 2.45) is 0 Å². The van der Waals surface area contributed by atoms with E-state index in [0.29, 0.717) is 28.8 Å². The maximum atomic E-state index is 12.6. The van der Waals surface area contributed by atoms with E-state index in [4.69, 9.17) is 9.15 Å². The van der Waals surface area contributed by atoms with Crippen LogP contribution in [-0.4, -0.2) is 43.0 Å². The minimum absolute atomic E-state index is 0.124. The summed E-state index contributed by atoms with van der Waals surface area (Å²) in [6.45, 7) is 1.75. The molecule has 0 fully saturated rings. The maximum absolute atomic E-state index is 12.6. The summed E-state index contributed by atoms with van der Waals surface area (Å²) in [7, 11) is -1.75. The normalized spacial score (nSPS) is 12.4. The van der Waals surface area contributed by atoms with Crippen LogP contribution in [0, 0.1) is 0 Å². The van der Waals surface area contributed by atoms with Crippen LogP contribution in [0.2, 0.25) is 0 Å². The minimum Gasteiger partial charge on any atom is -0.497 e. The highest BCUT2D eigenvalue weighted by atomic mass is 32.2. The SMILES string of the molecule is COc1ccc(Cc2nnc(SC(C)C(=O)c3ccc(NS(C)(=O)=O)cc3)o2)cc1. The van der Waals surface area contributed by atoms with Gasteiger partial charge in [-0.25, -0.2) is 8.42 Å². The molecule has 0 saturated carbocycles. The van der Waals surface area contributed by atoms with Crippen molar-refractivity contribution < 1.29 is 22.4 Å². The Morgan fingerprint density at radius 1 is 1.13 bits per heavy atom. The molecule has 0 radical (unpaired) electrons. The molecular formula is C20H21N3O5S2. The van der Waals surface area contributed by atoms with E-state index >= 15 is 0 Å². The van der Waals surface area contributed by atoms with Crippen LogP contribution in [0.5, 0.6) is 5.75 Å². The van der Waals surface area contributed by atoms with E-state index in [1.807, 2.05) is 24.3 Å². The first-order valence-corrected chi connectivity index (χ1v) is 11.7. The van der Waals surface area contributed by atoms with Crippen molar-refractivity contribution in [2.75, 3.05) is 18.1 Å². The van der Waals surface area contributed by atoms with E-state index in [0.717, 1.165) is 17.6 Å². The largest absolute Gasteiger partial charge is 0.497 e. The molecule has 30 heavy (non-hydrogen) atoms. The number of carbonyl (C=O) groups is 1. The van der Waals surface area contributed by atoms with Gasteiger partial charge in [-0.3, -0.25) is 9.52 Å². The van der Waals surface area contributed by atoms with E-state index in [9.17, 15) is 13.2 Å². The number of Topliss-reactive ketones (excluding diaryl/α,β-unsaturated/α-hetero) is 1.